The van der Waals surface area contributed by atoms with E-state index in [2.05, 4.69) is 15.3 Å². The second kappa shape index (κ2) is 10.6. The molecule has 4 heterocycles. The van der Waals surface area contributed by atoms with Gasteiger partial charge in [0.25, 0.3) is 18.2 Å². The van der Waals surface area contributed by atoms with Crippen molar-refractivity contribution in [3.05, 3.63) is 28.5 Å². The zero-order valence-corrected chi connectivity index (χ0v) is 22.7. The van der Waals surface area contributed by atoms with Gasteiger partial charge in [-0.25, -0.2) is 18.7 Å². The third-order valence-electron chi connectivity index (χ3n) is 7.57. The van der Waals surface area contributed by atoms with Gasteiger partial charge in [0.2, 0.25) is 0 Å². The summed E-state index contributed by atoms with van der Waals surface area (Å²) in [6.07, 6.45) is -3.50. The number of carbonyl (C=O) groups excluding carboxylic acids is 2. The first-order valence-corrected chi connectivity index (χ1v) is 13.3. The number of nitrogens with zero attached hydrogens (tertiary/aromatic N) is 4. The van der Waals surface area contributed by atoms with Gasteiger partial charge in [-0.2, -0.15) is 13.2 Å². The molecule has 0 aliphatic carbocycles. The van der Waals surface area contributed by atoms with Crippen LogP contribution in [0.5, 0.6) is 0 Å². The monoisotopic (exact) mass is 575 g/mol. The van der Waals surface area contributed by atoms with Gasteiger partial charge in [-0.3, -0.25) is 9.59 Å². The molecule has 0 spiro atoms. The highest BCUT2D eigenvalue weighted by molar-refractivity contribution is 7.17. The summed E-state index contributed by atoms with van der Waals surface area (Å²) in [5, 5.41) is 11.6. The molecule has 39 heavy (non-hydrogen) atoms. The van der Waals surface area contributed by atoms with Gasteiger partial charge in [0.15, 0.2) is 5.01 Å². The standard InChI is InChI=1S/C25H30F5N5O3S/c1-12(25(28,29)30)32-17-9-15(20(26)27)16(10-31-17)19-18(22(37)35-13-5-6-14(35)8-7-13)33-21(39-19)23(38)34(4)24(2,3)11-36/h9-10,12-14,20,36H,5-8,11H2,1-4H3,(H,31,32)/t12-,13?,14?/m0/s1. The summed E-state index contributed by atoms with van der Waals surface area (Å²) in [7, 11) is 1.45. The third kappa shape index (κ3) is 5.58. The number of aliphatic hydroxyl groups excluding tert-OH is 1. The number of pyridine rings is 1. The number of halogens is 5. The minimum absolute atomic E-state index is 0.00433. The molecule has 0 saturated carbocycles. The number of anilines is 1. The number of nitrogens with one attached hydrogen (secondary N) is 1. The molecule has 14 heteroatoms. The summed E-state index contributed by atoms with van der Waals surface area (Å²) >= 11 is 0.736. The predicted molar refractivity (Wildman–Crippen MR) is 135 cm³/mol. The van der Waals surface area contributed by atoms with Crippen molar-refractivity contribution < 1.29 is 36.6 Å². The molecule has 2 aromatic rings. The maximum Gasteiger partial charge on any atom is 0.408 e. The van der Waals surface area contributed by atoms with E-state index in [1.807, 2.05) is 0 Å². The van der Waals surface area contributed by atoms with Gasteiger partial charge in [0.05, 0.1) is 17.0 Å². The lowest BCUT2D eigenvalue weighted by molar-refractivity contribution is -0.138. The SMILES string of the molecule is C[C@H](Nc1cc(C(F)F)c(-c2sc(C(=O)N(C)C(C)(C)CO)nc2C(=O)N2C3CCC2CC3)cn1)C(F)(F)F. The van der Waals surface area contributed by atoms with Gasteiger partial charge in [0.1, 0.15) is 17.6 Å². The Hall–Kier alpha value is -2.87. The summed E-state index contributed by atoms with van der Waals surface area (Å²) in [5.74, 6) is -1.51. The van der Waals surface area contributed by atoms with Crippen molar-refractivity contribution in [2.24, 2.45) is 0 Å². The molecular formula is C25H30F5N5O3S. The number of thiazole rings is 1. The molecule has 2 bridgehead atoms. The van der Waals surface area contributed by atoms with E-state index in [4.69, 9.17) is 0 Å². The Morgan fingerprint density at radius 2 is 1.79 bits per heavy atom. The van der Waals surface area contributed by atoms with Crippen molar-refractivity contribution in [1.82, 2.24) is 19.8 Å². The molecule has 2 N–H and O–H groups in total. The zero-order valence-electron chi connectivity index (χ0n) is 21.9. The summed E-state index contributed by atoms with van der Waals surface area (Å²) < 4.78 is 67.5. The maximum atomic E-state index is 14.2. The molecule has 2 aliphatic rings. The van der Waals surface area contributed by atoms with Gasteiger partial charge in [0, 0.05) is 36.5 Å². The lowest BCUT2D eigenvalue weighted by Gasteiger charge is -2.33. The minimum Gasteiger partial charge on any atom is -0.394 e. The number of likely N-dealkylation sites (N-methyl/N-ethyl adjacent to an activating group) is 1. The number of alkyl halides is 5. The van der Waals surface area contributed by atoms with E-state index in [0.717, 1.165) is 56.2 Å². The Balaban J connectivity index is 1.81. The van der Waals surface area contributed by atoms with E-state index in [1.165, 1.54) is 11.9 Å². The van der Waals surface area contributed by atoms with Gasteiger partial charge >= 0.3 is 6.18 Å². The average Bonchev–Trinajstić information content (AvgIpc) is 3.61. The quantitative estimate of drug-likeness (QED) is 0.425. The van der Waals surface area contributed by atoms with Crippen molar-refractivity contribution in [1.29, 1.82) is 0 Å². The van der Waals surface area contributed by atoms with Crippen molar-refractivity contribution in [2.75, 3.05) is 19.0 Å². The first-order chi connectivity index (χ1) is 18.2. The largest absolute Gasteiger partial charge is 0.408 e. The zero-order chi connectivity index (χ0) is 28.9. The van der Waals surface area contributed by atoms with Crippen LogP contribution in [0.15, 0.2) is 12.3 Å². The number of fused-ring (bicyclic) bond motifs is 2. The fraction of sp³-hybridized carbons (Fsp3) is 0.600. The predicted octanol–water partition coefficient (Wildman–Crippen LogP) is 5.12. The number of hydrogen-bond donors (Lipinski definition) is 2. The molecule has 2 aliphatic heterocycles. The van der Waals surface area contributed by atoms with Crippen molar-refractivity contribution in [3.63, 3.8) is 0 Å². The van der Waals surface area contributed by atoms with Crippen molar-refractivity contribution in [2.45, 2.75) is 82.7 Å². The maximum absolute atomic E-state index is 14.2. The van der Waals surface area contributed by atoms with E-state index in [1.54, 1.807) is 18.7 Å². The minimum atomic E-state index is -4.62. The van der Waals surface area contributed by atoms with Crippen LogP contribution in [0.25, 0.3) is 10.4 Å². The molecule has 2 fully saturated rings. The van der Waals surface area contributed by atoms with Crippen molar-refractivity contribution in [3.8, 4) is 10.4 Å². The van der Waals surface area contributed by atoms with Crippen LogP contribution in [0.1, 0.15) is 78.7 Å². The first kappa shape index (κ1) is 29.1. The van der Waals surface area contributed by atoms with Gasteiger partial charge in [-0.1, -0.05) is 0 Å². The molecule has 214 valence electrons. The second-order valence-electron chi connectivity index (χ2n) is 10.6. The normalized spacial score (nSPS) is 20.0. The summed E-state index contributed by atoms with van der Waals surface area (Å²) in [5.41, 5.74) is -1.98. The van der Waals surface area contributed by atoms with Crippen LogP contribution in [0.2, 0.25) is 0 Å². The van der Waals surface area contributed by atoms with Gasteiger partial charge in [-0.05, 0) is 52.5 Å². The summed E-state index contributed by atoms with van der Waals surface area (Å²) in [6.45, 7) is 3.73. The Morgan fingerprint density at radius 1 is 1.21 bits per heavy atom. The lowest BCUT2D eigenvalue weighted by Crippen LogP contribution is -2.47. The highest BCUT2D eigenvalue weighted by Gasteiger charge is 2.44. The van der Waals surface area contributed by atoms with Crippen LogP contribution in [0, 0.1) is 0 Å². The molecule has 4 rings (SSSR count). The highest BCUT2D eigenvalue weighted by Crippen LogP contribution is 2.42. The van der Waals surface area contributed by atoms with E-state index in [0.29, 0.717) is 0 Å². The molecule has 8 nitrogen and oxygen atoms in total. The first-order valence-electron chi connectivity index (χ1n) is 12.5. The smallest absolute Gasteiger partial charge is 0.394 e. The van der Waals surface area contributed by atoms with Crippen LogP contribution >= 0.6 is 11.3 Å². The number of amides is 2. The molecule has 2 saturated heterocycles. The van der Waals surface area contributed by atoms with E-state index >= 15 is 0 Å². The van der Waals surface area contributed by atoms with Crippen LogP contribution in [0.3, 0.4) is 0 Å². The number of aromatic nitrogens is 2. The Morgan fingerprint density at radius 3 is 2.31 bits per heavy atom. The highest BCUT2D eigenvalue weighted by atomic mass is 32.1. The van der Waals surface area contributed by atoms with Gasteiger partial charge in [-0.15, -0.1) is 11.3 Å². The molecule has 0 unspecified atom stereocenters. The van der Waals surface area contributed by atoms with Gasteiger partial charge < -0.3 is 20.2 Å². The van der Waals surface area contributed by atoms with Crippen LogP contribution < -0.4 is 5.32 Å². The van der Waals surface area contributed by atoms with Crippen LogP contribution in [-0.2, 0) is 0 Å². The molecule has 0 radical (unpaired) electrons. The Labute approximate surface area is 226 Å². The number of carbonyl (C=O) groups is 2. The third-order valence-corrected chi connectivity index (χ3v) is 8.65. The molecule has 2 amide bonds. The fourth-order valence-corrected chi connectivity index (χ4v) is 5.92. The Kier molecular flexibility index (Phi) is 7.92. The fourth-order valence-electron chi connectivity index (χ4n) is 4.85. The molecular weight excluding hydrogens is 545 g/mol. The molecule has 1 atom stereocenters. The lowest BCUT2D eigenvalue weighted by atomic mass is 10.0. The van der Waals surface area contributed by atoms with Crippen LogP contribution in [-0.4, -0.2) is 80.2 Å². The van der Waals surface area contributed by atoms with E-state index < -0.39 is 47.4 Å². The summed E-state index contributed by atoms with van der Waals surface area (Å²) in [4.78, 5) is 38.2. The second-order valence-corrected chi connectivity index (χ2v) is 11.6. The van der Waals surface area contributed by atoms with E-state index in [-0.39, 0.29) is 39.8 Å². The number of rotatable bonds is 8. The van der Waals surface area contributed by atoms with Crippen LogP contribution in [0.4, 0.5) is 27.8 Å². The number of hydrogen-bond acceptors (Lipinski definition) is 7. The Bertz CT molecular complexity index is 1230. The average molecular weight is 576 g/mol. The molecule has 0 aromatic carbocycles. The summed E-state index contributed by atoms with van der Waals surface area (Å²) in [6, 6.07) is -1.23. The number of aliphatic hydroxyl groups is 1. The molecule has 2 aromatic heterocycles. The van der Waals surface area contributed by atoms with Crippen molar-refractivity contribution >= 4 is 29.0 Å². The van der Waals surface area contributed by atoms with E-state index in [9.17, 15) is 36.6 Å². The topological polar surface area (TPSA) is 98.7 Å².